The van der Waals surface area contributed by atoms with Crippen molar-refractivity contribution >= 4 is 22.4 Å². The minimum Gasteiger partial charge on any atom is -0.494 e. The van der Waals surface area contributed by atoms with Crippen molar-refractivity contribution in [1.82, 2.24) is 9.97 Å². The highest BCUT2D eigenvalue weighted by Crippen LogP contribution is 2.31. The molecule has 0 unspecified atom stereocenters. The Hall–Kier alpha value is -2.73. The fraction of sp³-hybridized carbons (Fsp3) is 0.211. The quantitative estimate of drug-likeness (QED) is 0.735. The van der Waals surface area contributed by atoms with E-state index in [1.54, 1.807) is 12.3 Å². The monoisotopic (exact) mass is 353 g/mol. The van der Waals surface area contributed by atoms with Crippen molar-refractivity contribution in [2.24, 2.45) is 0 Å². The number of thiazole rings is 1. The van der Waals surface area contributed by atoms with Crippen LogP contribution in [0.1, 0.15) is 27.9 Å². The number of hydrogen-bond acceptors (Lipinski definition) is 5. The largest absolute Gasteiger partial charge is 0.494 e. The lowest BCUT2D eigenvalue weighted by atomic mass is 10.1. The number of hydrogen-bond donors (Lipinski definition) is 1. The summed E-state index contributed by atoms with van der Waals surface area (Å²) < 4.78 is 5.46. The number of aromatic nitrogens is 2. The first kappa shape index (κ1) is 17.1. The fourth-order valence-electron chi connectivity index (χ4n) is 2.36. The van der Waals surface area contributed by atoms with Gasteiger partial charge in [0.25, 0.3) is 5.91 Å². The first-order valence-electron chi connectivity index (χ1n) is 8.01. The number of amides is 1. The molecule has 0 fully saturated rings. The normalized spacial score (nSPS) is 10.5. The molecule has 0 saturated heterocycles. The second-order valence-corrected chi connectivity index (χ2v) is 6.73. The van der Waals surface area contributed by atoms with Crippen LogP contribution in [0.4, 0.5) is 5.13 Å². The number of carbonyl (C=O) groups is 1. The van der Waals surface area contributed by atoms with Crippen molar-refractivity contribution in [2.75, 3.05) is 11.9 Å². The third-order valence-corrected chi connectivity index (χ3v) is 4.52. The molecule has 1 amide bonds. The number of ether oxygens (including phenoxy) is 1. The molecule has 128 valence electrons. The Morgan fingerprint density at radius 3 is 2.56 bits per heavy atom. The Kier molecular flexibility index (Phi) is 5.09. The van der Waals surface area contributed by atoms with Crippen molar-refractivity contribution < 1.29 is 9.53 Å². The average Bonchev–Trinajstić information content (AvgIpc) is 2.96. The fourth-order valence-corrected chi connectivity index (χ4v) is 3.20. The predicted octanol–water partition coefficient (Wildman–Crippen LogP) is 4.47. The summed E-state index contributed by atoms with van der Waals surface area (Å²) in [6.45, 7) is 6.47. The van der Waals surface area contributed by atoms with E-state index >= 15 is 0 Å². The number of anilines is 1. The van der Waals surface area contributed by atoms with Crippen LogP contribution in [-0.2, 0) is 0 Å². The third kappa shape index (κ3) is 4.03. The van der Waals surface area contributed by atoms with E-state index in [2.05, 4.69) is 15.3 Å². The molecule has 0 bridgehead atoms. The van der Waals surface area contributed by atoms with Gasteiger partial charge >= 0.3 is 0 Å². The molecule has 5 nitrogen and oxygen atoms in total. The van der Waals surface area contributed by atoms with E-state index in [-0.39, 0.29) is 5.91 Å². The van der Waals surface area contributed by atoms with Gasteiger partial charge in [-0.1, -0.05) is 0 Å². The number of nitrogens with zero attached hydrogens (tertiary/aromatic N) is 2. The number of nitrogens with one attached hydrogen (secondary N) is 1. The van der Waals surface area contributed by atoms with Gasteiger partial charge in [0.2, 0.25) is 0 Å². The molecule has 3 aromatic rings. The van der Waals surface area contributed by atoms with Crippen LogP contribution in [-0.4, -0.2) is 22.5 Å². The van der Waals surface area contributed by atoms with Gasteiger partial charge in [-0.05, 0) is 57.2 Å². The minimum absolute atomic E-state index is 0.209. The molecule has 0 aliphatic heterocycles. The van der Waals surface area contributed by atoms with E-state index < -0.39 is 0 Å². The van der Waals surface area contributed by atoms with Crippen molar-refractivity contribution in [3.63, 3.8) is 0 Å². The first-order chi connectivity index (χ1) is 12.1. The van der Waals surface area contributed by atoms with Crippen LogP contribution in [0.25, 0.3) is 11.3 Å². The number of benzene rings is 1. The highest BCUT2D eigenvalue weighted by molar-refractivity contribution is 7.16. The second kappa shape index (κ2) is 7.44. The summed E-state index contributed by atoms with van der Waals surface area (Å²) in [6, 6.07) is 11.4. The number of carbonyl (C=O) groups excluding carboxylic acids is 1. The summed E-state index contributed by atoms with van der Waals surface area (Å²) in [5, 5.41) is 3.42. The van der Waals surface area contributed by atoms with Crippen LogP contribution in [0.2, 0.25) is 0 Å². The van der Waals surface area contributed by atoms with Gasteiger partial charge in [-0.25, -0.2) is 4.98 Å². The SMILES string of the molecule is CCOc1ccc(-c2nc(NC(=O)c3ccc(C)nc3)sc2C)cc1. The molecule has 0 spiro atoms. The molecule has 6 heteroatoms. The molecule has 1 aromatic carbocycles. The first-order valence-corrected chi connectivity index (χ1v) is 8.83. The lowest BCUT2D eigenvalue weighted by Gasteiger charge is -2.04. The van der Waals surface area contributed by atoms with Crippen LogP contribution in [0.3, 0.4) is 0 Å². The summed E-state index contributed by atoms with van der Waals surface area (Å²) in [5.74, 6) is 0.624. The Balaban J connectivity index is 1.77. The van der Waals surface area contributed by atoms with E-state index in [9.17, 15) is 4.79 Å². The average molecular weight is 353 g/mol. The molecule has 0 radical (unpaired) electrons. The van der Waals surface area contributed by atoms with Crippen LogP contribution in [0.15, 0.2) is 42.6 Å². The van der Waals surface area contributed by atoms with Crippen LogP contribution in [0, 0.1) is 13.8 Å². The lowest BCUT2D eigenvalue weighted by molar-refractivity contribution is 0.102. The van der Waals surface area contributed by atoms with E-state index in [1.165, 1.54) is 11.3 Å². The Bertz CT molecular complexity index is 871. The molecule has 0 aliphatic carbocycles. The summed E-state index contributed by atoms with van der Waals surface area (Å²) in [6.07, 6.45) is 1.57. The highest BCUT2D eigenvalue weighted by atomic mass is 32.1. The van der Waals surface area contributed by atoms with Crippen molar-refractivity contribution in [2.45, 2.75) is 20.8 Å². The molecule has 3 rings (SSSR count). The molecule has 0 aliphatic rings. The maximum absolute atomic E-state index is 12.3. The zero-order valence-electron chi connectivity index (χ0n) is 14.4. The van der Waals surface area contributed by atoms with E-state index in [0.29, 0.717) is 17.3 Å². The number of pyridine rings is 1. The smallest absolute Gasteiger partial charge is 0.259 e. The van der Waals surface area contributed by atoms with Gasteiger partial charge in [-0.2, -0.15) is 0 Å². The number of rotatable bonds is 5. The molecule has 2 heterocycles. The van der Waals surface area contributed by atoms with E-state index in [0.717, 1.165) is 27.6 Å². The maximum Gasteiger partial charge on any atom is 0.259 e. The lowest BCUT2D eigenvalue weighted by Crippen LogP contribution is -2.12. The molecule has 1 N–H and O–H groups in total. The van der Waals surface area contributed by atoms with Gasteiger partial charge < -0.3 is 4.74 Å². The van der Waals surface area contributed by atoms with Gasteiger partial charge in [0.15, 0.2) is 5.13 Å². The van der Waals surface area contributed by atoms with Crippen molar-refractivity contribution in [3.8, 4) is 17.0 Å². The van der Waals surface area contributed by atoms with Gasteiger partial charge in [0, 0.05) is 22.3 Å². The number of aryl methyl sites for hydroxylation is 2. The van der Waals surface area contributed by atoms with Crippen LogP contribution < -0.4 is 10.1 Å². The van der Waals surface area contributed by atoms with Crippen LogP contribution >= 0.6 is 11.3 Å². The van der Waals surface area contributed by atoms with Gasteiger partial charge in [-0.15, -0.1) is 11.3 Å². The third-order valence-electron chi connectivity index (χ3n) is 3.63. The van der Waals surface area contributed by atoms with Crippen molar-refractivity contribution in [3.05, 3.63) is 58.7 Å². The zero-order valence-corrected chi connectivity index (χ0v) is 15.2. The Morgan fingerprint density at radius 2 is 1.92 bits per heavy atom. The summed E-state index contributed by atoms with van der Waals surface area (Å²) in [7, 11) is 0. The molecule has 0 atom stereocenters. The standard InChI is InChI=1S/C19H19N3O2S/c1-4-24-16-9-7-14(8-10-16)17-13(3)25-19(21-17)22-18(23)15-6-5-12(2)20-11-15/h5-11H,4H2,1-3H3,(H,21,22,23). The second-order valence-electron chi connectivity index (χ2n) is 5.52. The molecule has 25 heavy (non-hydrogen) atoms. The van der Waals surface area contributed by atoms with Gasteiger partial charge in [0.1, 0.15) is 5.75 Å². The van der Waals surface area contributed by atoms with E-state index in [1.807, 2.05) is 51.1 Å². The summed E-state index contributed by atoms with van der Waals surface area (Å²) in [4.78, 5) is 22.1. The van der Waals surface area contributed by atoms with Crippen molar-refractivity contribution in [1.29, 1.82) is 0 Å². The maximum atomic E-state index is 12.3. The van der Waals surface area contributed by atoms with Crippen LogP contribution in [0.5, 0.6) is 5.75 Å². The van der Waals surface area contributed by atoms with Gasteiger partial charge in [-0.3, -0.25) is 15.1 Å². The molecule has 0 saturated carbocycles. The molecule has 2 aromatic heterocycles. The van der Waals surface area contributed by atoms with Gasteiger partial charge in [0.05, 0.1) is 17.9 Å². The molecular weight excluding hydrogens is 334 g/mol. The summed E-state index contributed by atoms with van der Waals surface area (Å²) >= 11 is 1.46. The Labute approximate surface area is 150 Å². The molecular formula is C19H19N3O2S. The predicted molar refractivity (Wildman–Crippen MR) is 100 cm³/mol. The topological polar surface area (TPSA) is 64.1 Å². The minimum atomic E-state index is -0.209. The zero-order chi connectivity index (χ0) is 17.8. The Morgan fingerprint density at radius 1 is 1.16 bits per heavy atom. The highest BCUT2D eigenvalue weighted by Gasteiger charge is 2.13. The summed E-state index contributed by atoms with van der Waals surface area (Å²) in [5.41, 5.74) is 3.25. The van der Waals surface area contributed by atoms with E-state index in [4.69, 9.17) is 4.74 Å².